The molecular formula is C24H22N2O8S. The third-order valence-electron chi connectivity index (χ3n) is 4.89. The van der Waals surface area contributed by atoms with Gasteiger partial charge in [0.2, 0.25) is 0 Å². The average molecular weight is 499 g/mol. The number of aryl methyl sites for hydroxylation is 1. The van der Waals surface area contributed by atoms with Crippen molar-refractivity contribution in [1.29, 1.82) is 0 Å². The number of rotatable bonds is 7. The van der Waals surface area contributed by atoms with Gasteiger partial charge in [-0.3, -0.25) is 14.9 Å². The molecule has 0 saturated heterocycles. The smallest absolute Gasteiger partial charge is 0.344 e. The first-order valence-corrected chi connectivity index (χ1v) is 11.1. The molecule has 11 heteroatoms. The highest BCUT2D eigenvalue weighted by Crippen LogP contribution is 2.42. The molecule has 3 rings (SSSR count). The lowest BCUT2D eigenvalue weighted by Crippen LogP contribution is -2.14. The minimum Gasteiger partial charge on any atom is -0.506 e. The molecule has 0 saturated carbocycles. The largest absolute Gasteiger partial charge is 0.506 e. The highest BCUT2D eigenvalue weighted by molar-refractivity contribution is 8.18. The van der Waals surface area contributed by atoms with E-state index in [0.717, 1.165) is 17.3 Å². The van der Waals surface area contributed by atoms with Gasteiger partial charge in [0.15, 0.2) is 11.5 Å². The van der Waals surface area contributed by atoms with Crippen LogP contribution in [0.1, 0.15) is 28.4 Å². The SMILES string of the molecule is CCOC(=O)C1=C(O)C(=Cc2cc(OC)c(OC)cc2[N+](=O)[O-])SC1=NC(=O)c1ccc(C)cc1. The number of thioether (sulfide) groups is 1. The number of aliphatic hydroxyl groups excluding tert-OH is 1. The van der Waals surface area contributed by atoms with Gasteiger partial charge in [-0.05, 0) is 38.1 Å². The number of nitro groups is 1. The van der Waals surface area contributed by atoms with Crippen LogP contribution in [-0.2, 0) is 9.53 Å². The van der Waals surface area contributed by atoms with Gasteiger partial charge in [-0.2, -0.15) is 0 Å². The van der Waals surface area contributed by atoms with Crippen LogP contribution in [-0.4, -0.2) is 47.8 Å². The standard InChI is InChI=1S/C24H22N2O8S/c1-5-34-24(29)20-21(27)19(35-23(20)25-22(28)14-8-6-13(2)7-9-14)11-15-10-17(32-3)18(33-4)12-16(15)26(30)31/h6-12,27H,5H2,1-4H3. The number of nitro benzene ring substituents is 1. The number of carbonyl (C=O) groups excluding carboxylic acids is 2. The molecule has 0 unspecified atom stereocenters. The number of nitrogens with zero attached hydrogens (tertiary/aromatic N) is 2. The number of methoxy groups -OCH3 is 2. The van der Waals surface area contributed by atoms with Crippen LogP contribution in [0.25, 0.3) is 6.08 Å². The van der Waals surface area contributed by atoms with Crippen molar-refractivity contribution in [1.82, 2.24) is 0 Å². The van der Waals surface area contributed by atoms with Gasteiger partial charge >= 0.3 is 5.97 Å². The molecule has 35 heavy (non-hydrogen) atoms. The third kappa shape index (κ3) is 5.52. The Labute approximate surface area is 205 Å². The van der Waals surface area contributed by atoms with E-state index in [9.17, 15) is 24.8 Å². The lowest BCUT2D eigenvalue weighted by Gasteiger charge is -2.09. The van der Waals surface area contributed by atoms with Crippen LogP contribution in [0.5, 0.6) is 11.5 Å². The van der Waals surface area contributed by atoms with Crippen LogP contribution in [0.3, 0.4) is 0 Å². The van der Waals surface area contributed by atoms with E-state index in [0.29, 0.717) is 5.56 Å². The maximum absolute atomic E-state index is 12.7. The van der Waals surface area contributed by atoms with Crippen molar-refractivity contribution in [2.24, 2.45) is 4.99 Å². The maximum Gasteiger partial charge on any atom is 0.344 e. The second-order valence-electron chi connectivity index (χ2n) is 7.17. The van der Waals surface area contributed by atoms with Crippen molar-refractivity contribution in [2.45, 2.75) is 13.8 Å². The molecule has 1 aliphatic heterocycles. The highest BCUT2D eigenvalue weighted by atomic mass is 32.2. The highest BCUT2D eigenvalue weighted by Gasteiger charge is 2.34. The number of benzene rings is 2. The number of aliphatic hydroxyl groups is 1. The number of esters is 1. The molecule has 0 radical (unpaired) electrons. The van der Waals surface area contributed by atoms with E-state index in [4.69, 9.17) is 14.2 Å². The van der Waals surface area contributed by atoms with Gasteiger partial charge in [0.1, 0.15) is 16.4 Å². The number of amides is 1. The Hall–Kier alpha value is -4.12. The molecule has 0 bridgehead atoms. The van der Waals surface area contributed by atoms with Gasteiger partial charge in [-0.15, -0.1) is 0 Å². The lowest BCUT2D eigenvalue weighted by molar-refractivity contribution is -0.385. The van der Waals surface area contributed by atoms with E-state index in [1.54, 1.807) is 31.2 Å². The van der Waals surface area contributed by atoms with Crippen molar-refractivity contribution in [2.75, 3.05) is 20.8 Å². The monoisotopic (exact) mass is 498 g/mol. The molecule has 0 aromatic heterocycles. The molecule has 0 atom stereocenters. The second kappa shape index (κ2) is 10.9. The van der Waals surface area contributed by atoms with Crippen LogP contribution in [0.2, 0.25) is 0 Å². The summed E-state index contributed by atoms with van der Waals surface area (Å²) in [4.78, 5) is 40.4. The Morgan fingerprint density at radius 3 is 2.34 bits per heavy atom. The molecule has 1 amide bonds. The zero-order valence-corrected chi connectivity index (χ0v) is 20.2. The van der Waals surface area contributed by atoms with E-state index < -0.39 is 22.6 Å². The van der Waals surface area contributed by atoms with Gasteiger partial charge in [-0.1, -0.05) is 29.5 Å². The summed E-state index contributed by atoms with van der Waals surface area (Å²) in [5.74, 6) is -1.63. The zero-order valence-electron chi connectivity index (χ0n) is 19.4. The average Bonchev–Trinajstić information content (AvgIpc) is 3.13. The van der Waals surface area contributed by atoms with Crippen LogP contribution in [0, 0.1) is 17.0 Å². The van der Waals surface area contributed by atoms with Crippen LogP contribution in [0.4, 0.5) is 5.69 Å². The van der Waals surface area contributed by atoms with Crippen molar-refractivity contribution >= 4 is 40.4 Å². The van der Waals surface area contributed by atoms with E-state index in [1.165, 1.54) is 32.4 Å². The fourth-order valence-electron chi connectivity index (χ4n) is 3.14. The van der Waals surface area contributed by atoms with E-state index in [-0.39, 0.29) is 44.9 Å². The first-order valence-electron chi connectivity index (χ1n) is 10.3. The second-order valence-corrected chi connectivity index (χ2v) is 8.20. The third-order valence-corrected chi connectivity index (χ3v) is 5.91. The molecule has 2 aromatic carbocycles. The predicted octanol–water partition coefficient (Wildman–Crippen LogP) is 4.62. The normalized spacial score (nSPS) is 15.4. The van der Waals surface area contributed by atoms with Crippen molar-refractivity contribution in [3.8, 4) is 11.5 Å². The Kier molecular flexibility index (Phi) is 7.92. The number of hydrogen-bond donors (Lipinski definition) is 1. The van der Waals surface area contributed by atoms with E-state index >= 15 is 0 Å². The molecule has 182 valence electrons. The van der Waals surface area contributed by atoms with Gasteiger partial charge in [0.25, 0.3) is 11.6 Å². The molecular weight excluding hydrogens is 476 g/mol. The first kappa shape index (κ1) is 25.5. The van der Waals surface area contributed by atoms with Crippen molar-refractivity contribution in [3.63, 3.8) is 0 Å². The quantitative estimate of drug-likeness (QED) is 0.329. The summed E-state index contributed by atoms with van der Waals surface area (Å²) in [6, 6.07) is 9.24. The Morgan fingerprint density at radius 2 is 1.77 bits per heavy atom. The molecule has 2 aromatic rings. The molecule has 1 N–H and O–H groups in total. The fraction of sp³-hybridized carbons (Fsp3) is 0.208. The van der Waals surface area contributed by atoms with Gasteiger partial charge in [0.05, 0.1) is 42.3 Å². The Morgan fingerprint density at radius 1 is 1.14 bits per heavy atom. The minimum absolute atomic E-state index is 0.0274. The van der Waals surface area contributed by atoms with Gasteiger partial charge < -0.3 is 19.3 Å². The summed E-state index contributed by atoms with van der Waals surface area (Å²) in [6.45, 7) is 3.49. The summed E-state index contributed by atoms with van der Waals surface area (Å²) in [6.07, 6.45) is 1.30. The number of ether oxygens (including phenoxy) is 3. The van der Waals surface area contributed by atoms with E-state index in [1.807, 2.05) is 6.92 Å². The zero-order chi connectivity index (χ0) is 25.7. The van der Waals surface area contributed by atoms with E-state index in [2.05, 4.69) is 4.99 Å². The summed E-state index contributed by atoms with van der Waals surface area (Å²) in [5.41, 5.74) is 0.709. The Bertz CT molecular complexity index is 1280. The molecule has 1 aliphatic rings. The summed E-state index contributed by atoms with van der Waals surface area (Å²) in [5, 5.41) is 22.4. The molecule has 0 aliphatic carbocycles. The van der Waals surface area contributed by atoms with Crippen LogP contribution < -0.4 is 9.47 Å². The topological polar surface area (TPSA) is 138 Å². The van der Waals surface area contributed by atoms with Crippen LogP contribution in [0.15, 0.2) is 57.6 Å². The lowest BCUT2D eigenvalue weighted by atomic mass is 10.1. The fourth-order valence-corrected chi connectivity index (χ4v) is 4.15. The summed E-state index contributed by atoms with van der Waals surface area (Å²) < 4.78 is 15.4. The minimum atomic E-state index is -0.877. The predicted molar refractivity (Wildman–Crippen MR) is 131 cm³/mol. The van der Waals surface area contributed by atoms with Crippen molar-refractivity contribution < 1.29 is 33.8 Å². The first-order chi connectivity index (χ1) is 16.7. The maximum atomic E-state index is 12.7. The summed E-state index contributed by atoms with van der Waals surface area (Å²) >= 11 is 0.817. The van der Waals surface area contributed by atoms with Crippen molar-refractivity contribution in [3.05, 3.63) is 79.4 Å². The van der Waals surface area contributed by atoms with Gasteiger partial charge in [-0.25, -0.2) is 9.79 Å². The molecule has 10 nitrogen and oxygen atoms in total. The van der Waals surface area contributed by atoms with Crippen LogP contribution >= 0.6 is 11.8 Å². The molecule has 0 spiro atoms. The number of aliphatic imine (C=N–C) groups is 1. The molecule has 0 fully saturated rings. The Balaban J connectivity index is 2.12. The molecule has 1 heterocycles. The van der Waals surface area contributed by atoms with Gasteiger partial charge in [0, 0.05) is 5.56 Å². The number of hydrogen-bond acceptors (Lipinski definition) is 9. The summed E-state index contributed by atoms with van der Waals surface area (Å²) in [7, 11) is 2.73. The number of carbonyl (C=O) groups is 2.